The Morgan fingerprint density at radius 2 is 1.95 bits per heavy atom. The predicted molar refractivity (Wildman–Crippen MR) is 83.0 cm³/mol. The number of carbonyl (C=O) groups excluding carboxylic acids is 2. The number of nitrogens with zero attached hydrogens (tertiary/aromatic N) is 2. The Balaban J connectivity index is 2.05. The first-order valence-electron chi connectivity index (χ1n) is 7.36. The van der Waals surface area contributed by atoms with Gasteiger partial charge in [-0.15, -0.1) is 0 Å². The summed E-state index contributed by atoms with van der Waals surface area (Å²) in [5, 5.41) is 0. The van der Waals surface area contributed by atoms with E-state index >= 15 is 0 Å². The lowest BCUT2D eigenvalue weighted by atomic mass is 9.95. The normalized spacial score (nSPS) is 17.1. The second-order valence-electron chi connectivity index (χ2n) is 5.62. The van der Waals surface area contributed by atoms with Crippen LogP contribution in [0.4, 0.5) is 0 Å². The number of aryl methyl sites for hydroxylation is 1. The van der Waals surface area contributed by atoms with Crippen molar-refractivity contribution in [3.05, 3.63) is 59.4 Å². The van der Waals surface area contributed by atoms with Gasteiger partial charge in [0.05, 0.1) is 6.04 Å². The molecule has 2 amide bonds. The molecule has 1 aliphatic heterocycles. The molecule has 0 saturated carbocycles. The molecule has 0 radical (unpaired) electrons. The van der Waals surface area contributed by atoms with Crippen LogP contribution < -0.4 is 5.73 Å². The molecule has 5 heteroatoms. The van der Waals surface area contributed by atoms with Crippen LogP contribution in [0.25, 0.3) is 0 Å². The lowest BCUT2D eigenvalue weighted by Gasteiger charge is -2.38. The number of aromatic nitrogens is 1. The standard InChI is InChI=1S/C17H19N3O2/c1-12-5-2-3-6-13(12)17-14-7-4-8-19(14)9-10-20(17)16(22)11-15(18)21/h2-8,17H,9-11H2,1H3,(H2,18,21). The van der Waals surface area contributed by atoms with Gasteiger partial charge < -0.3 is 15.2 Å². The van der Waals surface area contributed by atoms with Gasteiger partial charge in [0.2, 0.25) is 11.8 Å². The molecule has 1 atom stereocenters. The van der Waals surface area contributed by atoms with E-state index in [-0.39, 0.29) is 18.4 Å². The molecular formula is C17H19N3O2. The number of nitrogens with two attached hydrogens (primary N) is 1. The summed E-state index contributed by atoms with van der Waals surface area (Å²) in [5.41, 5.74) is 8.47. The highest BCUT2D eigenvalue weighted by molar-refractivity contribution is 5.96. The van der Waals surface area contributed by atoms with E-state index in [4.69, 9.17) is 5.73 Å². The van der Waals surface area contributed by atoms with Crippen LogP contribution in [-0.4, -0.2) is 27.8 Å². The molecule has 1 aromatic heterocycles. The van der Waals surface area contributed by atoms with Gasteiger partial charge in [-0.05, 0) is 30.2 Å². The summed E-state index contributed by atoms with van der Waals surface area (Å²) in [6.07, 6.45) is 1.78. The first-order valence-corrected chi connectivity index (χ1v) is 7.36. The summed E-state index contributed by atoms with van der Waals surface area (Å²) in [7, 11) is 0. The maximum absolute atomic E-state index is 12.5. The lowest BCUT2D eigenvalue weighted by Crippen LogP contribution is -2.43. The monoisotopic (exact) mass is 297 g/mol. The topological polar surface area (TPSA) is 68.3 Å². The van der Waals surface area contributed by atoms with Gasteiger partial charge in [0, 0.05) is 25.0 Å². The van der Waals surface area contributed by atoms with Gasteiger partial charge in [0.25, 0.3) is 0 Å². The first-order chi connectivity index (χ1) is 10.6. The van der Waals surface area contributed by atoms with E-state index in [1.165, 1.54) is 0 Å². The summed E-state index contributed by atoms with van der Waals surface area (Å²) in [5.74, 6) is -0.803. The number of carbonyl (C=O) groups is 2. The van der Waals surface area contributed by atoms with Crippen molar-refractivity contribution in [1.29, 1.82) is 0 Å². The third-order valence-corrected chi connectivity index (χ3v) is 4.17. The molecule has 0 spiro atoms. The number of amides is 2. The van der Waals surface area contributed by atoms with Crippen molar-refractivity contribution >= 4 is 11.8 Å². The number of hydrogen-bond acceptors (Lipinski definition) is 2. The van der Waals surface area contributed by atoms with Crippen molar-refractivity contribution in [3.8, 4) is 0 Å². The van der Waals surface area contributed by atoms with Gasteiger partial charge >= 0.3 is 0 Å². The summed E-state index contributed by atoms with van der Waals surface area (Å²) >= 11 is 0. The van der Waals surface area contributed by atoms with Crippen LogP contribution >= 0.6 is 0 Å². The molecule has 2 heterocycles. The quantitative estimate of drug-likeness (QED) is 0.874. The van der Waals surface area contributed by atoms with E-state index in [0.717, 1.165) is 23.4 Å². The fraction of sp³-hybridized carbons (Fsp3) is 0.294. The first kappa shape index (κ1) is 14.4. The van der Waals surface area contributed by atoms with E-state index in [1.54, 1.807) is 4.90 Å². The van der Waals surface area contributed by atoms with Gasteiger partial charge in [-0.2, -0.15) is 0 Å². The molecular weight excluding hydrogens is 278 g/mol. The van der Waals surface area contributed by atoms with Gasteiger partial charge in [-0.25, -0.2) is 0 Å². The van der Waals surface area contributed by atoms with Crippen LogP contribution in [-0.2, 0) is 16.1 Å². The van der Waals surface area contributed by atoms with Gasteiger partial charge in [-0.1, -0.05) is 24.3 Å². The van der Waals surface area contributed by atoms with Crippen LogP contribution in [0.15, 0.2) is 42.6 Å². The highest BCUT2D eigenvalue weighted by Gasteiger charge is 2.33. The smallest absolute Gasteiger partial charge is 0.232 e. The largest absolute Gasteiger partial charge is 0.369 e. The fourth-order valence-electron chi connectivity index (χ4n) is 3.12. The molecule has 3 rings (SSSR count). The second-order valence-corrected chi connectivity index (χ2v) is 5.62. The van der Waals surface area contributed by atoms with Crippen molar-refractivity contribution in [2.24, 2.45) is 5.73 Å². The molecule has 2 N–H and O–H groups in total. The minimum atomic E-state index is -0.588. The van der Waals surface area contributed by atoms with Crippen LogP contribution in [0, 0.1) is 6.92 Å². The van der Waals surface area contributed by atoms with E-state index in [9.17, 15) is 9.59 Å². The zero-order valence-corrected chi connectivity index (χ0v) is 12.5. The Bertz CT molecular complexity index is 720. The fourth-order valence-corrected chi connectivity index (χ4v) is 3.12. The third kappa shape index (κ3) is 2.50. The molecule has 0 saturated heterocycles. The summed E-state index contributed by atoms with van der Waals surface area (Å²) in [6.45, 7) is 3.34. The van der Waals surface area contributed by atoms with Gasteiger partial charge in [-0.3, -0.25) is 9.59 Å². The van der Waals surface area contributed by atoms with Crippen LogP contribution in [0.1, 0.15) is 29.3 Å². The average Bonchev–Trinajstić information content (AvgIpc) is 2.94. The average molecular weight is 297 g/mol. The Labute approximate surface area is 129 Å². The van der Waals surface area contributed by atoms with E-state index in [0.29, 0.717) is 6.54 Å². The molecule has 0 fully saturated rings. The highest BCUT2D eigenvalue weighted by atomic mass is 16.2. The van der Waals surface area contributed by atoms with Crippen molar-refractivity contribution in [3.63, 3.8) is 0 Å². The summed E-state index contributed by atoms with van der Waals surface area (Å²) < 4.78 is 2.16. The zero-order chi connectivity index (χ0) is 15.7. The van der Waals surface area contributed by atoms with Crippen LogP contribution in [0.5, 0.6) is 0 Å². The lowest BCUT2D eigenvalue weighted by molar-refractivity contribution is -0.137. The third-order valence-electron chi connectivity index (χ3n) is 4.17. The molecule has 1 aliphatic rings. The Morgan fingerprint density at radius 3 is 2.68 bits per heavy atom. The SMILES string of the molecule is Cc1ccccc1C1c2cccn2CCN1C(=O)CC(N)=O. The van der Waals surface area contributed by atoms with Crippen LogP contribution in [0.2, 0.25) is 0 Å². The van der Waals surface area contributed by atoms with Gasteiger partial charge in [0.15, 0.2) is 0 Å². The van der Waals surface area contributed by atoms with E-state index in [1.807, 2.05) is 49.5 Å². The van der Waals surface area contributed by atoms with Crippen molar-refractivity contribution in [2.45, 2.75) is 25.9 Å². The van der Waals surface area contributed by atoms with Crippen molar-refractivity contribution in [2.75, 3.05) is 6.54 Å². The Hall–Kier alpha value is -2.56. The number of fused-ring (bicyclic) bond motifs is 1. The van der Waals surface area contributed by atoms with E-state index in [2.05, 4.69) is 4.57 Å². The van der Waals surface area contributed by atoms with Crippen LogP contribution in [0.3, 0.4) is 0 Å². The minimum absolute atomic E-state index is 0.170. The maximum atomic E-state index is 12.5. The maximum Gasteiger partial charge on any atom is 0.232 e. The zero-order valence-electron chi connectivity index (χ0n) is 12.5. The van der Waals surface area contributed by atoms with Gasteiger partial charge in [0.1, 0.15) is 6.42 Å². The van der Waals surface area contributed by atoms with Crippen molar-refractivity contribution in [1.82, 2.24) is 9.47 Å². The molecule has 1 unspecified atom stereocenters. The second kappa shape index (κ2) is 5.67. The molecule has 5 nitrogen and oxygen atoms in total. The number of hydrogen-bond donors (Lipinski definition) is 1. The summed E-state index contributed by atoms with van der Waals surface area (Å²) in [4.78, 5) is 25.3. The molecule has 114 valence electrons. The molecule has 1 aromatic carbocycles. The predicted octanol–water partition coefficient (Wildman–Crippen LogP) is 1.60. The molecule has 0 aliphatic carbocycles. The van der Waals surface area contributed by atoms with Crippen molar-refractivity contribution < 1.29 is 9.59 Å². The Morgan fingerprint density at radius 1 is 1.18 bits per heavy atom. The number of rotatable bonds is 3. The highest BCUT2D eigenvalue weighted by Crippen LogP contribution is 2.34. The number of benzene rings is 1. The summed E-state index contributed by atoms with van der Waals surface area (Å²) in [6, 6.07) is 11.9. The van der Waals surface area contributed by atoms with E-state index < -0.39 is 5.91 Å². The molecule has 2 aromatic rings. The Kier molecular flexibility index (Phi) is 3.71. The molecule has 0 bridgehead atoms. The minimum Gasteiger partial charge on any atom is -0.369 e. The molecule has 22 heavy (non-hydrogen) atoms. The number of primary amides is 1.